The molecule has 0 radical (unpaired) electrons. The molecule has 3 nitrogen and oxygen atoms in total. The highest BCUT2D eigenvalue weighted by Gasteiger charge is 2.14. The van der Waals surface area contributed by atoms with Crippen molar-refractivity contribution in [1.82, 2.24) is 5.32 Å². The Morgan fingerprint density at radius 1 is 1.27 bits per heavy atom. The average molecular weight is 324 g/mol. The van der Waals surface area contributed by atoms with Crippen molar-refractivity contribution in [3.63, 3.8) is 0 Å². The van der Waals surface area contributed by atoms with Crippen LogP contribution in [0.5, 0.6) is 11.5 Å². The van der Waals surface area contributed by atoms with E-state index in [1.165, 1.54) is 38.5 Å². The lowest BCUT2D eigenvalue weighted by Crippen LogP contribution is -2.27. The van der Waals surface area contributed by atoms with Gasteiger partial charge in [0.25, 0.3) is 0 Å². The molecular formula is C18H26ClNO2. The molecule has 0 amide bonds. The van der Waals surface area contributed by atoms with Crippen molar-refractivity contribution in [3.05, 3.63) is 35.4 Å². The Labute approximate surface area is 138 Å². The average Bonchev–Trinajstić information content (AvgIpc) is 2.80. The molecule has 1 fully saturated rings. The Bertz CT molecular complexity index is 482. The number of methoxy groups -OCH3 is 1. The summed E-state index contributed by atoms with van der Waals surface area (Å²) in [6, 6.07) is 4.56. The minimum absolute atomic E-state index is 0.412. The van der Waals surface area contributed by atoms with Crippen molar-refractivity contribution < 1.29 is 9.47 Å². The monoisotopic (exact) mass is 323 g/mol. The third-order valence-electron chi connectivity index (χ3n) is 4.08. The molecule has 1 saturated carbocycles. The lowest BCUT2D eigenvalue weighted by molar-refractivity contribution is 0.326. The van der Waals surface area contributed by atoms with E-state index in [-0.39, 0.29) is 0 Å². The molecular weight excluding hydrogens is 298 g/mol. The van der Waals surface area contributed by atoms with Crippen LogP contribution in [-0.2, 0) is 6.54 Å². The molecule has 0 unspecified atom stereocenters. The van der Waals surface area contributed by atoms with E-state index in [1.807, 2.05) is 12.1 Å². The Morgan fingerprint density at radius 2 is 2.00 bits per heavy atom. The molecule has 0 atom stereocenters. The van der Waals surface area contributed by atoms with Crippen molar-refractivity contribution >= 4 is 11.6 Å². The van der Waals surface area contributed by atoms with E-state index in [0.717, 1.165) is 12.1 Å². The van der Waals surface area contributed by atoms with E-state index in [9.17, 15) is 0 Å². The normalized spacial score (nSPS) is 16.1. The predicted octanol–water partition coefficient (Wildman–Crippen LogP) is 4.73. The van der Waals surface area contributed by atoms with Crippen LogP contribution < -0.4 is 14.8 Å². The second-order valence-corrected chi connectivity index (χ2v) is 6.19. The highest BCUT2D eigenvalue weighted by Crippen LogP contribution is 2.36. The van der Waals surface area contributed by atoms with Crippen molar-refractivity contribution in [2.24, 2.45) is 0 Å². The van der Waals surface area contributed by atoms with E-state index < -0.39 is 0 Å². The van der Waals surface area contributed by atoms with Crippen LogP contribution in [0.25, 0.3) is 0 Å². The topological polar surface area (TPSA) is 30.5 Å². The third-order valence-corrected chi connectivity index (χ3v) is 4.37. The van der Waals surface area contributed by atoms with E-state index >= 15 is 0 Å². The van der Waals surface area contributed by atoms with Gasteiger partial charge in [-0.3, -0.25) is 0 Å². The molecule has 0 spiro atoms. The largest absolute Gasteiger partial charge is 0.493 e. The van der Waals surface area contributed by atoms with Crippen LogP contribution in [0.3, 0.4) is 0 Å². The van der Waals surface area contributed by atoms with Gasteiger partial charge in [0.1, 0.15) is 6.61 Å². The van der Waals surface area contributed by atoms with Crippen LogP contribution >= 0.6 is 11.6 Å². The molecule has 0 aliphatic heterocycles. The zero-order valence-electron chi connectivity index (χ0n) is 13.4. The maximum absolute atomic E-state index is 6.33. The highest BCUT2D eigenvalue weighted by atomic mass is 35.5. The van der Waals surface area contributed by atoms with Gasteiger partial charge < -0.3 is 14.8 Å². The maximum atomic E-state index is 6.33. The fraction of sp³-hybridized carbons (Fsp3) is 0.556. The summed E-state index contributed by atoms with van der Waals surface area (Å²) in [5.74, 6) is 1.26. The first-order valence-electron chi connectivity index (χ1n) is 8.08. The molecule has 1 aromatic rings. The molecule has 1 aliphatic carbocycles. The number of nitrogens with one attached hydrogen (secondary N) is 1. The second kappa shape index (κ2) is 9.06. The quantitative estimate of drug-likeness (QED) is 0.581. The molecule has 0 saturated heterocycles. The first-order chi connectivity index (χ1) is 10.7. The van der Waals surface area contributed by atoms with Crippen LogP contribution in [0.15, 0.2) is 24.8 Å². The molecule has 1 aromatic carbocycles. The number of benzene rings is 1. The molecule has 2 rings (SSSR count). The Kier molecular flexibility index (Phi) is 7.07. The Morgan fingerprint density at radius 3 is 2.64 bits per heavy atom. The van der Waals surface area contributed by atoms with Gasteiger partial charge in [-0.15, -0.1) is 0 Å². The SMILES string of the molecule is C=CCOc1c(Cl)cc(CNC2CCCCCC2)cc1OC. The first-order valence-corrected chi connectivity index (χ1v) is 8.46. The number of hydrogen-bond donors (Lipinski definition) is 1. The maximum Gasteiger partial charge on any atom is 0.180 e. The molecule has 0 bridgehead atoms. The van der Waals surface area contributed by atoms with Gasteiger partial charge in [-0.2, -0.15) is 0 Å². The smallest absolute Gasteiger partial charge is 0.180 e. The summed E-state index contributed by atoms with van der Waals surface area (Å²) in [6.07, 6.45) is 9.63. The van der Waals surface area contributed by atoms with Gasteiger partial charge in [0, 0.05) is 12.6 Å². The summed E-state index contributed by atoms with van der Waals surface area (Å²) in [4.78, 5) is 0. The molecule has 22 heavy (non-hydrogen) atoms. The van der Waals surface area contributed by atoms with Crippen LogP contribution in [0.1, 0.15) is 44.1 Å². The summed E-state index contributed by atoms with van der Waals surface area (Å²) in [5.41, 5.74) is 1.12. The van der Waals surface area contributed by atoms with Crippen LogP contribution in [0.2, 0.25) is 5.02 Å². The zero-order valence-corrected chi connectivity index (χ0v) is 14.1. The zero-order chi connectivity index (χ0) is 15.8. The number of halogens is 1. The standard InChI is InChI=1S/C18H26ClNO2/c1-3-10-22-18-16(19)11-14(12-17(18)21-2)13-20-15-8-6-4-5-7-9-15/h3,11-12,15,20H,1,4-10,13H2,2H3. The van der Waals surface area contributed by atoms with E-state index in [0.29, 0.717) is 29.2 Å². The fourth-order valence-corrected chi connectivity index (χ4v) is 3.19. The molecule has 0 heterocycles. The molecule has 1 N–H and O–H groups in total. The molecule has 0 aromatic heterocycles. The van der Waals surface area contributed by atoms with E-state index in [4.69, 9.17) is 21.1 Å². The predicted molar refractivity (Wildman–Crippen MR) is 92.0 cm³/mol. The Balaban J connectivity index is 2.01. The van der Waals surface area contributed by atoms with Crippen LogP contribution in [-0.4, -0.2) is 19.8 Å². The van der Waals surface area contributed by atoms with Gasteiger partial charge >= 0.3 is 0 Å². The van der Waals surface area contributed by atoms with Gasteiger partial charge in [0.15, 0.2) is 11.5 Å². The van der Waals surface area contributed by atoms with Gasteiger partial charge in [-0.25, -0.2) is 0 Å². The lowest BCUT2D eigenvalue weighted by atomic mass is 10.1. The van der Waals surface area contributed by atoms with Crippen molar-refractivity contribution in [1.29, 1.82) is 0 Å². The molecule has 4 heteroatoms. The van der Waals surface area contributed by atoms with Crippen LogP contribution in [0, 0.1) is 0 Å². The summed E-state index contributed by atoms with van der Waals surface area (Å²) < 4.78 is 11.0. The minimum Gasteiger partial charge on any atom is -0.493 e. The lowest BCUT2D eigenvalue weighted by Gasteiger charge is -2.18. The van der Waals surface area contributed by atoms with Gasteiger partial charge in [-0.05, 0) is 30.5 Å². The fourth-order valence-electron chi connectivity index (χ4n) is 2.90. The van der Waals surface area contributed by atoms with E-state index in [1.54, 1.807) is 13.2 Å². The summed E-state index contributed by atoms with van der Waals surface area (Å²) in [6.45, 7) is 4.87. The van der Waals surface area contributed by atoms with E-state index in [2.05, 4.69) is 11.9 Å². The summed E-state index contributed by atoms with van der Waals surface area (Å²) in [5, 5.41) is 4.23. The highest BCUT2D eigenvalue weighted by molar-refractivity contribution is 6.32. The molecule has 122 valence electrons. The second-order valence-electron chi connectivity index (χ2n) is 5.78. The Hall–Kier alpha value is -1.19. The first kappa shape index (κ1) is 17.2. The van der Waals surface area contributed by atoms with Gasteiger partial charge in [0.05, 0.1) is 12.1 Å². The summed E-state index contributed by atoms with van der Waals surface area (Å²) >= 11 is 6.33. The van der Waals surface area contributed by atoms with Crippen molar-refractivity contribution in [2.75, 3.05) is 13.7 Å². The van der Waals surface area contributed by atoms with Crippen molar-refractivity contribution in [2.45, 2.75) is 51.1 Å². The number of hydrogen-bond acceptors (Lipinski definition) is 3. The minimum atomic E-state index is 0.412. The van der Waals surface area contributed by atoms with Gasteiger partial charge in [0.2, 0.25) is 0 Å². The molecule has 1 aliphatic rings. The van der Waals surface area contributed by atoms with Gasteiger partial charge in [-0.1, -0.05) is 49.9 Å². The number of rotatable bonds is 7. The number of ether oxygens (including phenoxy) is 2. The van der Waals surface area contributed by atoms with Crippen LogP contribution in [0.4, 0.5) is 0 Å². The van der Waals surface area contributed by atoms with Crippen molar-refractivity contribution in [3.8, 4) is 11.5 Å². The third kappa shape index (κ3) is 4.92. The summed E-state index contributed by atoms with van der Waals surface area (Å²) in [7, 11) is 1.63.